The molecule has 0 amide bonds. The van der Waals surface area contributed by atoms with Crippen LogP contribution in [0.25, 0.3) is 0 Å². The molecule has 1 aromatic rings. The Morgan fingerprint density at radius 1 is 1.36 bits per heavy atom. The normalized spacial score (nSPS) is 12.0. The van der Waals surface area contributed by atoms with Gasteiger partial charge in [0.25, 0.3) is 0 Å². The zero-order chi connectivity index (χ0) is 10.0. The molecule has 0 aliphatic carbocycles. The Balaban J connectivity index is 0.00000169. The van der Waals surface area contributed by atoms with Crippen molar-refractivity contribution >= 4 is 50.0 Å². The minimum Gasteiger partial charge on any atom is -0.398 e. The minimum absolute atomic E-state index is 0. The maximum atomic E-state index is 12.3. The molecule has 1 aromatic carbocycles. The number of alkyl halides is 1. The van der Waals surface area contributed by atoms with E-state index in [0.717, 1.165) is 8.95 Å². The summed E-state index contributed by atoms with van der Waals surface area (Å²) in [6, 6.07) is 2.86. The number of hydrogen-bond donors (Lipinski definition) is 2. The molecule has 0 bridgehead atoms. The summed E-state index contributed by atoms with van der Waals surface area (Å²) in [4.78, 5) is 0. The topological polar surface area (TPSA) is 52.0 Å². The quantitative estimate of drug-likeness (QED) is 0.807. The molecule has 0 fully saturated rings. The summed E-state index contributed by atoms with van der Waals surface area (Å²) in [5.41, 5.74) is 12.4. The Kier molecular flexibility index (Phi) is 5.97. The van der Waals surface area contributed by atoms with Gasteiger partial charge in [-0.3, -0.25) is 0 Å². The molecule has 14 heavy (non-hydrogen) atoms. The number of nitrogen functional groups attached to an aromatic ring is 1. The summed E-state index contributed by atoms with van der Waals surface area (Å²) >= 11 is 6.54. The van der Waals surface area contributed by atoms with Crippen LogP contribution in [0.1, 0.15) is 11.6 Å². The maximum absolute atomic E-state index is 12.3. The molecule has 1 rings (SSSR count). The van der Waals surface area contributed by atoms with Gasteiger partial charge in [-0.1, -0.05) is 15.9 Å². The number of anilines is 1. The summed E-state index contributed by atoms with van der Waals surface area (Å²) in [7, 11) is 0. The summed E-state index contributed by atoms with van der Waals surface area (Å²) < 4.78 is 13.9. The fourth-order valence-corrected chi connectivity index (χ4v) is 2.25. The molecule has 1 atom stereocenters. The van der Waals surface area contributed by atoms with Crippen LogP contribution >= 0.6 is 44.3 Å². The highest BCUT2D eigenvalue weighted by Gasteiger charge is 2.12. The van der Waals surface area contributed by atoms with Crippen LogP contribution in [-0.4, -0.2) is 6.67 Å². The first-order valence-corrected chi connectivity index (χ1v) is 5.20. The second-order valence-corrected chi connectivity index (χ2v) is 4.42. The summed E-state index contributed by atoms with van der Waals surface area (Å²) in [6.45, 7) is -0.618. The molecule has 0 heterocycles. The lowest BCUT2D eigenvalue weighted by Gasteiger charge is -2.12. The standard InChI is InChI=1S/C8H9Br2FN2.ClH/c9-4-1-5(7(12)3-11)8(13)6(10)2-4;/h1-2,7H,3,12-13H2;1H/t7-;/m1./s1. The molecule has 0 saturated carbocycles. The van der Waals surface area contributed by atoms with Crippen LogP contribution < -0.4 is 11.5 Å². The van der Waals surface area contributed by atoms with Crippen molar-refractivity contribution in [3.8, 4) is 0 Å². The second kappa shape index (κ2) is 5.90. The minimum atomic E-state index is -0.659. The van der Waals surface area contributed by atoms with Crippen LogP contribution in [0.15, 0.2) is 21.1 Å². The van der Waals surface area contributed by atoms with Gasteiger partial charge in [0.1, 0.15) is 6.67 Å². The van der Waals surface area contributed by atoms with E-state index < -0.39 is 12.7 Å². The first kappa shape index (κ1) is 14.2. The molecule has 0 aromatic heterocycles. The number of benzene rings is 1. The number of hydrogen-bond acceptors (Lipinski definition) is 2. The third kappa shape index (κ3) is 3.08. The van der Waals surface area contributed by atoms with E-state index in [9.17, 15) is 4.39 Å². The van der Waals surface area contributed by atoms with E-state index in [0.29, 0.717) is 11.3 Å². The molecule has 0 saturated heterocycles. The first-order valence-electron chi connectivity index (χ1n) is 3.62. The van der Waals surface area contributed by atoms with Gasteiger partial charge in [-0.2, -0.15) is 0 Å². The summed E-state index contributed by atoms with van der Waals surface area (Å²) in [5.74, 6) is 0. The van der Waals surface area contributed by atoms with Gasteiger partial charge in [-0.15, -0.1) is 12.4 Å². The lowest BCUT2D eigenvalue weighted by Crippen LogP contribution is -2.14. The zero-order valence-electron chi connectivity index (χ0n) is 7.14. The van der Waals surface area contributed by atoms with Gasteiger partial charge in [-0.25, -0.2) is 4.39 Å². The van der Waals surface area contributed by atoms with Crippen LogP contribution in [0.5, 0.6) is 0 Å². The highest BCUT2D eigenvalue weighted by atomic mass is 79.9. The highest BCUT2D eigenvalue weighted by molar-refractivity contribution is 9.11. The third-order valence-corrected chi connectivity index (χ3v) is 2.81. The van der Waals surface area contributed by atoms with Crippen molar-refractivity contribution in [2.45, 2.75) is 6.04 Å². The van der Waals surface area contributed by atoms with Gasteiger partial charge >= 0.3 is 0 Å². The van der Waals surface area contributed by atoms with Gasteiger partial charge in [0.05, 0.1) is 11.7 Å². The molecule has 2 nitrogen and oxygen atoms in total. The SMILES string of the molecule is Cl.Nc1c(Br)cc(Br)cc1[C@H](N)CF. The first-order chi connectivity index (χ1) is 6.06. The van der Waals surface area contributed by atoms with E-state index in [1.54, 1.807) is 12.1 Å². The fourth-order valence-electron chi connectivity index (χ4n) is 0.995. The lowest BCUT2D eigenvalue weighted by atomic mass is 10.1. The molecule has 0 spiro atoms. The maximum Gasteiger partial charge on any atom is 0.109 e. The van der Waals surface area contributed by atoms with Crippen LogP contribution in [0, 0.1) is 0 Å². The van der Waals surface area contributed by atoms with E-state index in [1.165, 1.54) is 0 Å². The summed E-state index contributed by atoms with van der Waals surface area (Å²) in [5, 5.41) is 0. The molecule has 0 aliphatic heterocycles. The Bertz CT molecular complexity index is 322. The summed E-state index contributed by atoms with van der Waals surface area (Å²) in [6.07, 6.45) is 0. The van der Waals surface area contributed by atoms with Crippen molar-refractivity contribution in [2.75, 3.05) is 12.4 Å². The molecule has 80 valence electrons. The van der Waals surface area contributed by atoms with Gasteiger partial charge in [0, 0.05) is 8.95 Å². The highest BCUT2D eigenvalue weighted by Crippen LogP contribution is 2.31. The lowest BCUT2D eigenvalue weighted by molar-refractivity contribution is 0.437. The monoisotopic (exact) mass is 346 g/mol. The molecule has 6 heteroatoms. The zero-order valence-corrected chi connectivity index (χ0v) is 11.1. The van der Waals surface area contributed by atoms with Gasteiger partial charge in [0.2, 0.25) is 0 Å². The molecule has 0 unspecified atom stereocenters. The third-order valence-electron chi connectivity index (χ3n) is 1.69. The van der Waals surface area contributed by atoms with Gasteiger partial charge in [-0.05, 0) is 33.6 Å². The number of nitrogens with two attached hydrogens (primary N) is 2. The van der Waals surface area contributed by atoms with Crippen LogP contribution in [0.3, 0.4) is 0 Å². The van der Waals surface area contributed by atoms with Crippen molar-refractivity contribution in [3.63, 3.8) is 0 Å². The Hall–Kier alpha value is 0.160. The second-order valence-electron chi connectivity index (χ2n) is 2.65. The predicted molar refractivity (Wildman–Crippen MR) is 66.4 cm³/mol. The van der Waals surface area contributed by atoms with E-state index in [2.05, 4.69) is 31.9 Å². The number of halogens is 4. The predicted octanol–water partition coefficient (Wildman–Crippen LogP) is 3.18. The molecular weight excluding hydrogens is 338 g/mol. The number of rotatable bonds is 2. The Morgan fingerprint density at radius 3 is 2.43 bits per heavy atom. The fraction of sp³-hybridized carbons (Fsp3) is 0.250. The smallest absolute Gasteiger partial charge is 0.109 e. The van der Waals surface area contributed by atoms with Crippen molar-refractivity contribution in [3.05, 3.63) is 26.6 Å². The van der Waals surface area contributed by atoms with E-state index in [1.807, 2.05) is 0 Å². The average Bonchev–Trinajstić information content (AvgIpc) is 2.10. The van der Waals surface area contributed by atoms with Gasteiger partial charge < -0.3 is 11.5 Å². The van der Waals surface area contributed by atoms with Crippen molar-refractivity contribution in [1.29, 1.82) is 0 Å². The van der Waals surface area contributed by atoms with Crippen LogP contribution in [-0.2, 0) is 0 Å². The Labute approximate surface area is 105 Å². The molecule has 0 aliphatic rings. The van der Waals surface area contributed by atoms with Crippen molar-refractivity contribution < 1.29 is 4.39 Å². The molecular formula is C8H10Br2ClFN2. The van der Waals surface area contributed by atoms with E-state index in [-0.39, 0.29) is 12.4 Å². The van der Waals surface area contributed by atoms with Crippen molar-refractivity contribution in [1.82, 2.24) is 0 Å². The largest absolute Gasteiger partial charge is 0.398 e. The van der Waals surface area contributed by atoms with Gasteiger partial charge in [0.15, 0.2) is 0 Å². The Morgan fingerprint density at radius 2 is 1.93 bits per heavy atom. The molecule has 4 N–H and O–H groups in total. The van der Waals surface area contributed by atoms with Crippen LogP contribution in [0.2, 0.25) is 0 Å². The van der Waals surface area contributed by atoms with E-state index >= 15 is 0 Å². The van der Waals surface area contributed by atoms with E-state index in [4.69, 9.17) is 11.5 Å². The average molecular weight is 348 g/mol. The van der Waals surface area contributed by atoms with Crippen LogP contribution in [0.4, 0.5) is 10.1 Å². The molecule has 0 radical (unpaired) electrons. The van der Waals surface area contributed by atoms with Crippen molar-refractivity contribution in [2.24, 2.45) is 5.73 Å².